The Morgan fingerprint density at radius 2 is 2.46 bits per heavy atom. The summed E-state index contributed by atoms with van der Waals surface area (Å²) < 4.78 is 0.913. The van der Waals surface area contributed by atoms with Crippen molar-refractivity contribution in [3.8, 4) is 0 Å². The highest BCUT2D eigenvalue weighted by Gasteiger charge is 2.12. The molecule has 0 saturated heterocycles. The average molecular weight is 244 g/mol. The molecule has 1 unspecified atom stereocenters. The molecule has 1 aromatic heterocycles. The highest BCUT2D eigenvalue weighted by atomic mass is 79.9. The first kappa shape index (κ1) is 10.2. The zero-order chi connectivity index (χ0) is 9.84. The maximum Gasteiger partial charge on any atom is 0.303 e. The Balaban J connectivity index is 2.82. The second-order valence-corrected chi connectivity index (χ2v) is 3.75. The van der Waals surface area contributed by atoms with E-state index in [1.807, 2.05) is 13.0 Å². The molecule has 1 aromatic rings. The molecule has 0 aliphatic rings. The lowest BCUT2D eigenvalue weighted by Gasteiger charge is -2.09. The summed E-state index contributed by atoms with van der Waals surface area (Å²) in [4.78, 5) is 14.4. The van der Waals surface area contributed by atoms with Gasteiger partial charge in [-0.25, -0.2) is 0 Å². The maximum atomic E-state index is 10.5. The first-order valence-electron chi connectivity index (χ1n) is 3.92. The van der Waals surface area contributed by atoms with E-state index >= 15 is 0 Å². The first-order valence-corrected chi connectivity index (χ1v) is 4.71. The number of halogens is 1. The summed E-state index contributed by atoms with van der Waals surface area (Å²) in [5, 5.41) is 8.60. The molecule has 0 aliphatic heterocycles. The summed E-state index contributed by atoms with van der Waals surface area (Å²) >= 11 is 3.35. The third-order valence-electron chi connectivity index (χ3n) is 1.81. The fraction of sp³-hybridized carbons (Fsp3) is 0.333. The number of carbonyl (C=O) groups is 1. The Kier molecular flexibility index (Phi) is 3.42. The number of nitrogens with zero attached hydrogens (tertiary/aromatic N) is 1. The molecular weight excluding hydrogens is 234 g/mol. The van der Waals surface area contributed by atoms with Crippen molar-refractivity contribution in [3.63, 3.8) is 0 Å². The topological polar surface area (TPSA) is 50.2 Å². The van der Waals surface area contributed by atoms with Crippen LogP contribution < -0.4 is 0 Å². The van der Waals surface area contributed by atoms with Gasteiger partial charge >= 0.3 is 5.97 Å². The van der Waals surface area contributed by atoms with E-state index in [1.54, 1.807) is 12.4 Å². The van der Waals surface area contributed by atoms with E-state index in [2.05, 4.69) is 20.9 Å². The van der Waals surface area contributed by atoms with Crippen molar-refractivity contribution in [1.82, 2.24) is 4.98 Å². The van der Waals surface area contributed by atoms with Crippen molar-refractivity contribution in [2.75, 3.05) is 0 Å². The molecule has 1 rings (SSSR count). The fourth-order valence-electron chi connectivity index (χ4n) is 1.12. The number of pyridine rings is 1. The summed E-state index contributed by atoms with van der Waals surface area (Å²) in [5.74, 6) is -0.802. The third kappa shape index (κ3) is 2.81. The van der Waals surface area contributed by atoms with Crippen molar-refractivity contribution in [1.29, 1.82) is 0 Å². The number of hydrogen-bond donors (Lipinski definition) is 1. The van der Waals surface area contributed by atoms with Gasteiger partial charge in [-0.05, 0) is 17.5 Å². The molecular formula is C9H10BrNO2. The Hall–Kier alpha value is -0.900. The summed E-state index contributed by atoms with van der Waals surface area (Å²) in [7, 11) is 0. The molecule has 1 N–H and O–H groups in total. The highest BCUT2D eigenvalue weighted by molar-refractivity contribution is 9.10. The van der Waals surface area contributed by atoms with Crippen LogP contribution >= 0.6 is 15.9 Å². The molecule has 0 amide bonds. The van der Waals surface area contributed by atoms with Crippen molar-refractivity contribution < 1.29 is 9.90 Å². The molecule has 0 fully saturated rings. The molecule has 1 atom stereocenters. The van der Waals surface area contributed by atoms with E-state index in [4.69, 9.17) is 5.11 Å². The smallest absolute Gasteiger partial charge is 0.303 e. The standard InChI is InChI=1S/C9H10BrNO2/c1-6(4-9(12)13)7-5-11-3-2-8(7)10/h2-3,5-6H,4H2,1H3,(H,12,13). The molecule has 1 heterocycles. The van der Waals surface area contributed by atoms with Crippen LogP contribution in [0.5, 0.6) is 0 Å². The van der Waals surface area contributed by atoms with Crippen LogP contribution in [0, 0.1) is 0 Å². The summed E-state index contributed by atoms with van der Waals surface area (Å²) in [6.07, 6.45) is 3.49. The van der Waals surface area contributed by atoms with E-state index in [-0.39, 0.29) is 12.3 Å². The predicted octanol–water partition coefficient (Wildman–Crippen LogP) is 2.42. The van der Waals surface area contributed by atoms with Gasteiger partial charge in [-0.2, -0.15) is 0 Å². The number of carboxylic acid groups (broad SMARTS) is 1. The van der Waals surface area contributed by atoms with Crippen LogP contribution in [-0.2, 0) is 4.79 Å². The SMILES string of the molecule is CC(CC(=O)O)c1cnccc1Br. The predicted molar refractivity (Wildman–Crippen MR) is 52.6 cm³/mol. The van der Waals surface area contributed by atoms with Crippen LogP contribution in [0.1, 0.15) is 24.8 Å². The normalized spacial score (nSPS) is 12.5. The minimum atomic E-state index is -0.789. The Morgan fingerprint density at radius 3 is 3.00 bits per heavy atom. The van der Waals surface area contributed by atoms with Crippen molar-refractivity contribution >= 4 is 21.9 Å². The molecule has 70 valence electrons. The zero-order valence-electron chi connectivity index (χ0n) is 7.20. The van der Waals surface area contributed by atoms with E-state index in [0.29, 0.717) is 0 Å². The second-order valence-electron chi connectivity index (χ2n) is 2.90. The number of aliphatic carboxylic acids is 1. The minimum absolute atomic E-state index is 0.0134. The maximum absolute atomic E-state index is 10.5. The second kappa shape index (κ2) is 4.37. The molecule has 3 nitrogen and oxygen atoms in total. The number of hydrogen-bond acceptors (Lipinski definition) is 2. The lowest BCUT2D eigenvalue weighted by Crippen LogP contribution is -2.03. The van der Waals surface area contributed by atoms with Gasteiger partial charge in [-0.3, -0.25) is 9.78 Å². The molecule has 0 saturated carbocycles. The molecule has 0 radical (unpaired) electrons. The van der Waals surface area contributed by atoms with E-state index < -0.39 is 5.97 Å². The van der Waals surface area contributed by atoms with Crippen molar-refractivity contribution in [2.24, 2.45) is 0 Å². The summed E-state index contributed by atoms with van der Waals surface area (Å²) in [6, 6.07) is 1.81. The van der Waals surface area contributed by atoms with Gasteiger partial charge in [0.2, 0.25) is 0 Å². The van der Waals surface area contributed by atoms with Crippen LogP contribution in [0.2, 0.25) is 0 Å². The van der Waals surface area contributed by atoms with Gasteiger partial charge in [-0.1, -0.05) is 22.9 Å². The van der Waals surface area contributed by atoms with Crippen molar-refractivity contribution in [2.45, 2.75) is 19.3 Å². The third-order valence-corrected chi connectivity index (χ3v) is 2.53. The Morgan fingerprint density at radius 1 is 1.77 bits per heavy atom. The molecule has 0 spiro atoms. The highest BCUT2D eigenvalue weighted by Crippen LogP contribution is 2.25. The quantitative estimate of drug-likeness (QED) is 0.888. The van der Waals surface area contributed by atoms with Gasteiger partial charge in [0.05, 0.1) is 6.42 Å². The number of carboxylic acids is 1. The van der Waals surface area contributed by atoms with Crippen LogP contribution in [0.3, 0.4) is 0 Å². The lowest BCUT2D eigenvalue weighted by atomic mass is 10.00. The summed E-state index contributed by atoms with van der Waals surface area (Å²) in [5.41, 5.74) is 0.935. The number of rotatable bonds is 3. The summed E-state index contributed by atoms with van der Waals surface area (Å²) in [6.45, 7) is 1.87. The van der Waals surface area contributed by atoms with Gasteiger partial charge in [0, 0.05) is 16.9 Å². The van der Waals surface area contributed by atoms with E-state index in [1.165, 1.54) is 0 Å². The van der Waals surface area contributed by atoms with E-state index in [9.17, 15) is 4.79 Å². The Labute approximate surface area is 84.9 Å². The monoisotopic (exact) mass is 243 g/mol. The first-order chi connectivity index (χ1) is 6.11. The molecule has 0 bridgehead atoms. The largest absolute Gasteiger partial charge is 0.481 e. The van der Waals surface area contributed by atoms with Gasteiger partial charge in [0.15, 0.2) is 0 Å². The minimum Gasteiger partial charge on any atom is -0.481 e. The van der Waals surface area contributed by atoms with E-state index in [0.717, 1.165) is 10.0 Å². The fourth-order valence-corrected chi connectivity index (χ4v) is 1.74. The number of aromatic nitrogens is 1. The Bertz CT molecular complexity index is 314. The molecule has 4 heteroatoms. The van der Waals surface area contributed by atoms with Crippen LogP contribution in [0.4, 0.5) is 0 Å². The zero-order valence-corrected chi connectivity index (χ0v) is 8.78. The average Bonchev–Trinajstić information content (AvgIpc) is 2.03. The van der Waals surface area contributed by atoms with Crippen molar-refractivity contribution in [3.05, 3.63) is 28.5 Å². The molecule has 0 aliphatic carbocycles. The van der Waals surface area contributed by atoms with Crippen LogP contribution in [0.25, 0.3) is 0 Å². The van der Waals surface area contributed by atoms with Gasteiger partial charge in [0.1, 0.15) is 0 Å². The van der Waals surface area contributed by atoms with Crippen LogP contribution in [-0.4, -0.2) is 16.1 Å². The van der Waals surface area contributed by atoms with Gasteiger partial charge < -0.3 is 5.11 Å². The van der Waals surface area contributed by atoms with Gasteiger partial charge in [0.25, 0.3) is 0 Å². The van der Waals surface area contributed by atoms with Crippen LogP contribution in [0.15, 0.2) is 22.9 Å². The molecule has 0 aromatic carbocycles. The molecule has 13 heavy (non-hydrogen) atoms. The lowest BCUT2D eigenvalue weighted by molar-refractivity contribution is -0.137. The van der Waals surface area contributed by atoms with Gasteiger partial charge in [-0.15, -0.1) is 0 Å².